The van der Waals surface area contributed by atoms with Crippen LogP contribution in [0.4, 0.5) is 18.9 Å². The third kappa shape index (κ3) is 3.15. The van der Waals surface area contributed by atoms with Crippen LogP contribution in [-0.2, 0) is 30.0 Å². The fourth-order valence-corrected chi connectivity index (χ4v) is 4.53. The van der Waals surface area contributed by atoms with Crippen molar-refractivity contribution in [2.45, 2.75) is 25.1 Å². The van der Waals surface area contributed by atoms with Crippen molar-refractivity contribution in [1.29, 1.82) is 0 Å². The Bertz CT molecular complexity index is 806. The number of alkyl halides is 3. The maximum Gasteiger partial charge on any atom is 0.416 e. The zero-order valence-corrected chi connectivity index (χ0v) is 14.0. The lowest BCUT2D eigenvalue weighted by molar-refractivity contribution is -0.157. The molecule has 0 radical (unpaired) electrons. The molecule has 27 heavy (non-hydrogen) atoms. The van der Waals surface area contributed by atoms with Gasteiger partial charge in [0.2, 0.25) is 0 Å². The fraction of sp³-hybridized carbons (Fsp3) is 0.500. The van der Waals surface area contributed by atoms with Crippen LogP contribution >= 0.6 is 0 Å². The van der Waals surface area contributed by atoms with Gasteiger partial charge >= 0.3 is 18.1 Å². The molecule has 9 heteroatoms. The maximum atomic E-state index is 12.7. The zero-order valence-electron chi connectivity index (χ0n) is 14.0. The van der Waals surface area contributed by atoms with Crippen LogP contribution in [0.3, 0.4) is 0 Å². The number of carbonyl (C=O) groups excluding carboxylic acids is 3. The van der Waals surface area contributed by atoms with Crippen LogP contribution in [0.2, 0.25) is 0 Å². The Labute approximate surface area is 152 Å². The lowest BCUT2D eigenvalue weighted by atomic mass is 9.80. The van der Waals surface area contributed by atoms with Crippen LogP contribution in [0.1, 0.15) is 18.4 Å². The van der Waals surface area contributed by atoms with E-state index in [-0.39, 0.29) is 29.6 Å². The monoisotopic (exact) mass is 383 g/mol. The molecule has 3 fully saturated rings. The first kappa shape index (κ1) is 17.8. The first-order valence-corrected chi connectivity index (χ1v) is 8.58. The Morgan fingerprint density at radius 2 is 2.04 bits per heavy atom. The van der Waals surface area contributed by atoms with E-state index in [1.165, 1.54) is 12.1 Å². The highest BCUT2D eigenvalue weighted by molar-refractivity contribution is 5.93. The minimum Gasteiger partial charge on any atom is -0.462 e. The van der Waals surface area contributed by atoms with Gasteiger partial charge in [-0.1, -0.05) is 6.07 Å². The van der Waals surface area contributed by atoms with Gasteiger partial charge in [0.1, 0.15) is 6.10 Å². The average molecular weight is 383 g/mol. The second kappa shape index (κ2) is 6.24. The minimum atomic E-state index is -4.53. The summed E-state index contributed by atoms with van der Waals surface area (Å²) in [7, 11) is 0. The molecule has 3 aliphatic rings. The average Bonchev–Trinajstić information content (AvgIpc) is 3.21. The summed E-state index contributed by atoms with van der Waals surface area (Å²) in [5, 5.41) is 2.27. The molecule has 2 aliphatic carbocycles. The third-order valence-electron chi connectivity index (χ3n) is 5.57. The number of carbonyl (C=O) groups is 3. The number of anilines is 1. The molecule has 6 nitrogen and oxygen atoms in total. The summed E-state index contributed by atoms with van der Waals surface area (Å²) in [6, 6.07) is 4.16. The molecule has 1 aromatic carbocycles. The van der Waals surface area contributed by atoms with Crippen molar-refractivity contribution in [2.75, 3.05) is 11.9 Å². The van der Waals surface area contributed by atoms with Gasteiger partial charge in [0.05, 0.1) is 17.4 Å². The van der Waals surface area contributed by atoms with Crippen molar-refractivity contribution < 1.29 is 37.0 Å². The number of hydrogen-bond donors (Lipinski definition) is 1. The predicted molar refractivity (Wildman–Crippen MR) is 84.1 cm³/mol. The number of benzene rings is 1. The molecule has 1 aliphatic heterocycles. The highest BCUT2D eigenvalue weighted by atomic mass is 19.4. The number of halogens is 3. The molecule has 2 bridgehead atoms. The van der Waals surface area contributed by atoms with Crippen molar-refractivity contribution in [3.8, 4) is 0 Å². The summed E-state index contributed by atoms with van der Waals surface area (Å²) < 4.78 is 48.3. The van der Waals surface area contributed by atoms with Crippen LogP contribution in [0.15, 0.2) is 24.3 Å². The molecule has 0 spiro atoms. The van der Waals surface area contributed by atoms with Gasteiger partial charge in [0.25, 0.3) is 5.91 Å². The highest BCUT2D eigenvalue weighted by Crippen LogP contribution is 2.57. The van der Waals surface area contributed by atoms with Crippen molar-refractivity contribution in [2.24, 2.45) is 23.7 Å². The molecule has 0 aromatic heterocycles. The number of ether oxygens (including phenoxy) is 2. The summed E-state index contributed by atoms with van der Waals surface area (Å²) in [5.41, 5.74) is -0.943. The second-order valence-corrected chi connectivity index (χ2v) is 7.16. The Morgan fingerprint density at radius 1 is 1.26 bits per heavy atom. The lowest BCUT2D eigenvalue weighted by Crippen LogP contribution is -2.34. The Morgan fingerprint density at radius 3 is 2.78 bits per heavy atom. The second-order valence-electron chi connectivity index (χ2n) is 7.16. The predicted octanol–water partition coefficient (Wildman–Crippen LogP) is 2.38. The van der Waals surface area contributed by atoms with Gasteiger partial charge in [-0.2, -0.15) is 13.2 Å². The molecule has 1 saturated heterocycles. The quantitative estimate of drug-likeness (QED) is 0.808. The number of rotatable bonds is 4. The summed E-state index contributed by atoms with van der Waals surface area (Å²) in [4.78, 5) is 36.2. The number of esters is 2. The Balaban J connectivity index is 1.34. The molecular weight excluding hydrogens is 367 g/mol. The molecule has 1 aromatic rings. The van der Waals surface area contributed by atoms with Crippen molar-refractivity contribution in [1.82, 2.24) is 0 Å². The van der Waals surface area contributed by atoms with Gasteiger partial charge in [-0.05, 0) is 37.0 Å². The van der Waals surface area contributed by atoms with Crippen LogP contribution in [0, 0.1) is 23.7 Å². The normalized spacial score (nSPS) is 30.9. The number of amides is 1. The van der Waals surface area contributed by atoms with Crippen LogP contribution < -0.4 is 5.32 Å². The smallest absolute Gasteiger partial charge is 0.416 e. The number of fused-ring (bicyclic) bond motifs is 1. The van der Waals surface area contributed by atoms with E-state index in [0.717, 1.165) is 18.6 Å². The fourth-order valence-electron chi connectivity index (χ4n) is 4.53. The maximum absolute atomic E-state index is 12.7. The summed E-state index contributed by atoms with van der Waals surface area (Å²) in [5.74, 6) is -2.84. The SMILES string of the molecule is O=C(COC(=O)[C@H]1[C@@H]2C[C@@H]3[C@@H]1C(=O)O[C@@H]3C2)Nc1cccc(C(F)(F)F)c1. The number of hydrogen-bond acceptors (Lipinski definition) is 5. The van der Waals surface area contributed by atoms with Crippen molar-refractivity contribution in [3.05, 3.63) is 29.8 Å². The summed E-state index contributed by atoms with van der Waals surface area (Å²) in [6.45, 7) is -0.631. The largest absolute Gasteiger partial charge is 0.462 e. The molecule has 2 saturated carbocycles. The molecule has 144 valence electrons. The van der Waals surface area contributed by atoms with Gasteiger partial charge < -0.3 is 14.8 Å². The number of nitrogens with one attached hydrogen (secondary N) is 1. The van der Waals surface area contributed by atoms with Gasteiger partial charge in [-0.25, -0.2) is 0 Å². The standard InChI is InChI=1S/C18H16F3NO5/c19-18(20,21)9-2-1-3-10(6-9)22-13(23)7-26-16(24)14-8-4-11-12(5-8)27-17(25)15(11)14/h1-3,6,8,11-12,14-15H,4-5,7H2,(H,22,23)/t8-,11+,12-,14+,15+/m1/s1. The Kier molecular flexibility index (Phi) is 4.12. The van der Waals surface area contributed by atoms with E-state index in [1.807, 2.05) is 0 Å². The first-order valence-electron chi connectivity index (χ1n) is 8.58. The molecule has 4 rings (SSSR count). The van der Waals surface area contributed by atoms with E-state index in [0.29, 0.717) is 6.42 Å². The van der Waals surface area contributed by atoms with Crippen LogP contribution in [-0.4, -0.2) is 30.6 Å². The topological polar surface area (TPSA) is 81.7 Å². The summed E-state index contributed by atoms with van der Waals surface area (Å²) >= 11 is 0. The van der Waals surface area contributed by atoms with E-state index < -0.39 is 42.1 Å². The minimum absolute atomic E-state index is 0.00970. The third-order valence-corrected chi connectivity index (χ3v) is 5.57. The van der Waals surface area contributed by atoms with Crippen molar-refractivity contribution in [3.63, 3.8) is 0 Å². The van der Waals surface area contributed by atoms with E-state index in [1.54, 1.807) is 0 Å². The van der Waals surface area contributed by atoms with Gasteiger partial charge in [-0.15, -0.1) is 0 Å². The molecule has 1 N–H and O–H groups in total. The van der Waals surface area contributed by atoms with Gasteiger partial charge in [0, 0.05) is 11.6 Å². The molecule has 0 unspecified atom stereocenters. The van der Waals surface area contributed by atoms with E-state index >= 15 is 0 Å². The van der Waals surface area contributed by atoms with Gasteiger partial charge in [0.15, 0.2) is 6.61 Å². The lowest BCUT2D eigenvalue weighted by Gasteiger charge is -2.22. The van der Waals surface area contributed by atoms with Crippen molar-refractivity contribution >= 4 is 23.5 Å². The van der Waals surface area contributed by atoms with Crippen LogP contribution in [0.5, 0.6) is 0 Å². The molecular formula is C18H16F3NO5. The zero-order chi connectivity index (χ0) is 19.3. The molecule has 1 heterocycles. The highest BCUT2D eigenvalue weighted by Gasteiger charge is 2.64. The van der Waals surface area contributed by atoms with E-state index in [4.69, 9.17) is 9.47 Å². The van der Waals surface area contributed by atoms with Crippen LogP contribution in [0.25, 0.3) is 0 Å². The molecule has 1 amide bonds. The van der Waals surface area contributed by atoms with E-state index in [2.05, 4.69) is 5.32 Å². The summed E-state index contributed by atoms with van der Waals surface area (Å²) in [6.07, 6.45) is -3.27. The first-order chi connectivity index (χ1) is 12.7. The van der Waals surface area contributed by atoms with E-state index in [9.17, 15) is 27.6 Å². The molecule has 5 atom stereocenters. The van der Waals surface area contributed by atoms with Gasteiger partial charge in [-0.3, -0.25) is 14.4 Å². The Hall–Kier alpha value is -2.58.